The number of nitrogens with one attached hydrogen (secondary N) is 1. The number of nitrogens with zero attached hydrogens (tertiary/aromatic N) is 7. The van der Waals surface area contributed by atoms with Crippen molar-refractivity contribution in [2.75, 3.05) is 29.1 Å². The molecule has 2 aromatic heterocycles. The first-order valence-corrected chi connectivity index (χ1v) is 11.3. The normalized spacial score (nSPS) is 17.9. The van der Waals surface area contributed by atoms with Crippen LogP contribution in [0.2, 0.25) is 0 Å². The Balaban J connectivity index is 1.28. The number of carbonyl (C=O) groups is 3. The van der Waals surface area contributed by atoms with Crippen LogP contribution in [0.4, 0.5) is 11.5 Å². The molecule has 33 heavy (non-hydrogen) atoms. The summed E-state index contributed by atoms with van der Waals surface area (Å²) in [5.41, 5.74) is 1.61. The smallest absolute Gasteiger partial charge is 0.293 e. The quantitative estimate of drug-likeness (QED) is 0.548. The lowest BCUT2D eigenvalue weighted by Gasteiger charge is -2.30. The highest BCUT2D eigenvalue weighted by molar-refractivity contribution is 7.99. The molecule has 1 aromatic carbocycles. The summed E-state index contributed by atoms with van der Waals surface area (Å²) in [5.74, 6) is -0.0346. The van der Waals surface area contributed by atoms with E-state index in [0.717, 1.165) is 10.5 Å². The van der Waals surface area contributed by atoms with Gasteiger partial charge in [0.25, 0.3) is 11.7 Å². The van der Waals surface area contributed by atoms with Crippen LogP contribution in [-0.4, -0.2) is 68.3 Å². The van der Waals surface area contributed by atoms with E-state index in [0.29, 0.717) is 36.8 Å². The number of β-lactam (4-membered cyclic amide) rings is 1. The molecular weight excluding hydrogens is 444 g/mol. The number of aromatic nitrogens is 5. The van der Waals surface area contributed by atoms with E-state index in [1.807, 2.05) is 36.4 Å². The highest BCUT2D eigenvalue weighted by atomic mass is 32.2. The molecule has 0 saturated carbocycles. The zero-order valence-corrected chi connectivity index (χ0v) is 18.5. The van der Waals surface area contributed by atoms with Crippen LogP contribution in [0.3, 0.4) is 0 Å². The van der Waals surface area contributed by atoms with Crippen LogP contribution in [0.5, 0.6) is 0 Å². The maximum Gasteiger partial charge on any atom is 0.293 e. The van der Waals surface area contributed by atoms with Crippen molar-refractivity contribution >= 4 is 41.0 Å². The van der Waals surface area contributed by atoms with Crippen molar-refractivity contribution in [2.45, 2.75) is 23.9 Å². The molecule has 0 unspecified atom stereocenters. The van der Waals surface area contributed by atoms with Gasteiger partial charge in [0.15, 0.2) is 0 Å². The van der Waals surface area contributed by atoms with E-state index in [9.17, 15) is 14.4 Å². The van der Waals surface area contributed by atoms with Gasteiger partial charge in [-0.2, -0.15) is 4.80 Å². The average molecular weight is 465 g/mol. The highest BCUT2D eigenvalue weighted by Gasteiger charge is 2.33. The van der Waals surface area contributed by atoms with Gasteiger partial charge in [-0.15, -0.1) is 22.0 Å². The summed E-state index contributed by atoms with van der Waals surface area (Å²) >= 11 is 1.42. The largest absolute Gasteiger partial charge is 0.337 e. The number of hydrogen-bond donors (Lipinski definition) is 1. The molecule has 1 fully saturated rings. The first-order valence-electron chi connectivity index (χ1n) is 10.3. The van der Waals surface area contributed by atoms with Crippen molar-refractivity contribution in [1.82, 2.24) is 30.5 Å². The van der Waals surface area contributed by atoms with Crippen LogP contribution >= 0.6 is 11.8 Å². The summed E-state index contributed by atoms with van der Waals surface area (Å²) in [6.45, 7) is 1.02. The molecule has 168 valence electrons. The fourth-order valence-electron chi connectivity index (χ4n) is 3.56. The molecule has 1 saturated heterocycles. The van der Waals surface area contributed by atoms with E-state index in [-0.39, 0.29) is 17.6 Å². The van der Waals surface area contributed by atoms with E-state index >= 15 is 0 Å². The van der Waals surface area contributed by atoms with Crippen molar-refractivity contribution in [3.63, 3.8) is 0 Å². The van der Waals surface area contributed by atoms with E-state index < -0.39 is 11.9 Å². The van der Waals surface area contributed by atoms with Gasteiger partial charge in [-0.25, -0.2) is 4.98 Å². The van der Waals surface area contributed by atoms with Gasteiger partial charge >= 0.3 is 0 Å². The molecule has 0 radical (unpaired) electrons. The molecule has 5 rings (SSSR count). The highest BCUT2D eigenvalue weighted by Crippen LogP contribution is 2.36. The number of hydrogen-bond acceptors (Lipinski definition) is 8. The molecule has 12 heteroatoms. The van der Waals surface area contributed by atoms with E-state index in [4.69, 9.17) is 0 Å². The zero-order chi connectivity index (χ0) is 22.9. The van der Waals surface area contributed by atoms with Gasteiger partial charge in [0, 0.05) is 30.7 Å². The van der Waals surface area contributed by atoms with Crippen molar-refractivity contribution in [3.8, 4) is 0 Å². The maximum atomic E-state index is 13.0. The lowest BCUT2D eigenvalue weighted by atomic mass is 10.2. The van der Waals surface area contributed by atoms with Gasteiger partial charge in [-0.05, 0) is 16.8 Å². The topological polar surface area (TPSA) is 126 Å². The summed E-state index contributed by atoms with van der Waals surface area (Å²) < 4.78 is 0. The number of rotatable bonds is 5. The lowest BCUT2D eigenvalue weighted by Crippen LogP contribution is -2.48. The molecule has 2 aliphatic heterocycles. The van der Waals surface area contributed by atoms with E-state index in [1.54, 1.807) is 18.1 Å². The number of likely N-dealkylation sites (N-methyl/N-ethyl adjacent to an activating group) is 1. The molecular formula is C21H20N8O3S. The predicted molar refractivity (Wildman–Crippen MR) is 120 cm³/mol. The standard InChI is InChI=1S/C21H20N8O3S/c1-27-15-10-22-17(28-8-7-18(28)30)9-16(15)33-12-14(21(27)32)23-20(31)19-24-26-29(25-19)11-13-5-3-2-4-6-13/h2-6,9-10,14H,7-8,11-12H2,1H3,(H,23,31)/t14-/m0/s1. The third kappa shape index (κ3) is 4.16. The third-order valence-electron chi connectivity index (χ3n) is 5.48. The summed E-state index contributed by atoms with van der Waals surface area (Å²) in [5, 5.41) is 14.6. The van der Waals surface area contributed by atoms with Crippen molar-refractivity contribution in [1.29, 1.82) is 0 Å². The Hall–Kier alpha value is -3.80. The van der Waals surface area contributed by atoms with Crippen molar-refractivity contribution in [3.05, 3.63) is 54.0 Å². The van der Waals surface area contributed by atoms with Gasteiger partial charge in [-0.3, -0.25) is 19.3 Å². The Morgan fingerprint density at radius 1 is 1.24 bits per heavy atom. The van der Waals surface area contributed by atoms with Crippen LogP contribution in [-0.2, 0) is 16.1 Å². The van der Waals surface area contributed by atoms with Gasteiger partial charge < -0.3 is 10.2 Å². The average Bonchev–Trinajstić information content (AvgIpc) is 3.25. The lowest BCUT2D eigenvalue weighted by molar-refractivity contribution is -0.122. The third-order valence-corrected chi connectivity index (χ3v) is 6.62. The Labute approximate surface area is 193 Å². The molecule has 0 spiro atoms. The number of amides is 3. The molecule has 3 aromatic rings. The Bertz CT molecular complexity index is 1230. The van der Waals surface area contributed by atoms with Crippen LogP contribution in [0.15, 0.2) is 47.5 Å². The van der Waals surface area contributed by atoms with Gasteiger partial charge in [0.05, 0.1) is 18.4 Å². The summed E-state index contributed by atoms with van der Waals surface area (Å²) in [7, 11) is 1.64. The van der Waals surface area contributed by atoms with Crippen LogP contribution in [0, 0.1) is 0 Å². The second-order valence-corrected chi connectivity index (χ2v) is 8.73. The molecule has 1 atom stereocenters. The predicted octanol–water partition coefficient (Wildman–Crippen LogP) is 0.720. The minimum absolute atomic E-state index is 0.0310. The molecule has 11 nitrogen and oxygen atoms in total. The second kappa shape index (κ2) is 8.62. The SMILES string of the molecule is CN1C(=O)[C@@H](NC(=O)c2nnn(Cc3ccccc3)n2)CSc2cc(N3CCC3=O)ncc21. The molecule has 0 bridgehead atoms. The first kappa shape index (κ1) is 21.1. The van der Waals surface area contributed by atoms with Crippen molar-refractivity contribution in [2.24, 2.45) is 0 Å². The van der Waals surface area contributed by atoms with Gasteiger partial charge in [-0.1, -0.05) is 30.3 Å². The molecule has 3 amide bonds. The van der Waals surface area contributed by atoms with E-state index in [2.05, 4.69) is 25.7 Å². The monoisotopic (exact) mass is 464 g/mol. The molecule has 4 heterocycles. The Morgan fingerprint density at radius 3 is 2.79 bits per heavy atom. The van der Waals surface area contributed by atoms with Gasteiger partial charge in [0.2, 0.25) is 11.8 Å². The number of thioether (sulfide) groups is 1. The minimum atomic E-state index is -0.782. The summed E-state index contributed by atoms with van der Waals surface area (Å²) in [4.78, 5) is 47.0. The minimum Gasteiger partial charge on any atom is -0.337 e. The van der Waals surface area contributed by atoms with Gasteiger partial charge in [0.1, 0.15) is 11.9 Å². The van der Waals surface area contributed by atoms with Crippen LogP contribution in [0.25, 0.3) is 0 Å². The summed E-state index contributed by atoms with van der Waals surface area (Å²) in [6, 6.07) is 10.6. The number of anilines is 2. The van der Waals surface area contributed by atoms with Crippen LogP contribution in [0.1, 0.15) is 22.6 Å². The summed E-state index contributed by atoms with van der Waals surface area (Å²) in [6.07, 6.45) is 2.10. The second-order valence-electron chi connectivity index (χ2n) is 7.67. The number of fused-ring (bicyclic) bond motifs is 1. The molecule has 1 N–H and O–H groups in total. The molecule has 2 aliphatic rings. The van der Waals surface area contributed by atoms with Crippen LogP contribution < -0.4 is 15.1 Å². The Morgan fingerprint density at radius 2 is 2.06 bits per heavy atom. The number of tetrazole rings is 1. The number of pyridine rings is 1. The molecule has 0 aliphatic carbocycles. The number of benzene rings is 1. The van der Waals surface area contributed by atoms with E-state index in [1.165, 1.54) is 21.5 Å². The Kier molecular flexibility index (Phi) is 5.50. The van der Waals surface area contributed by atoms with Crippen molar-refractivity contribution < 1.29 is 14.4 Å². The maximum absolute atomic E-state index is 13.0. The zero-order valence-electron chi connectivity index (χ0n) is 17.7. The fourth-order valence-corrected chi connectivity index (χ4v) is 4.66. The fraction of sp³-hybridized carbons (Fsp3) is 0.286. The number of carbonyl (C=O) groups excluding carboxylic acids is 3. The first-order chi connectivity index (χ1) is 16.0.